The summed E-state index contributed by atoms with van der Waals surface area (Å²) >= 11 is 0. The molecule has 0 aliphatic carbocycles. The SMILES string of the molecule is CC(C)CC(NC(=O)c1ccc2ncccc2c1)C(=O)NCC#N. The van der Waals surface area contributed by atoms with Gasteiger partial charge in [0.15, 0.2) is 0 Å². The van der Waals surface area contributed by atoms with Gasteiger partial charge in [-0.2, -0.15) is 5.26 Å². The quantitative estimate of drug-likeness (QED) is 0.795. The van der Waals surface area contributed by atoms with Crippen molar-refractivity contribution < 1.29 is 9.59 Å². The molecule has 2 aromatic rings. The molecular formula is C18H20N4O2. The summed E-state index contributed by atoms with van der Waals surface area (Å²) in [4.78, 5) is 28.8. The largest absolute Gasteiger partial charge is 0.341 e. The summed E-state index contributed by atoms with van der Waals surface area (Å²) in [6.07, 6.45) is 2.19. The van der Waals surface area contributed by atoms with Crippen LogP contribution in [0.4, 0.5) is 0 Å². The van der Waals surface area contributed by atoms with Crippen LogP contribution in [0.3, 0.4) is 0 Å². The highest BCUT2D eigenvalue weighted by Crippen LogP contribution is 2.14. The number of hydrogen-bond donors (Lipinski definition) is 2. The molecular weight excluding hydrogens is 304 g/mol. The molecule has 2 N–H and O–H groups in total. The van der Waals surface area contributed by atoms with Crippen molar-refractivity contribution >= 4 is 22.7 Å². The minimum atomic E-state index is -0.671. The topological polar surface area (TPSA) is 94.9 Å². The lowest BCUT2D eigenvalue weighted by molar-refractivity contribution is -0.123. The zero-order chi connectivity index (χ0) is 17.5. The van der Waals surface area contributed by atoms with Gasteiger partial charge in [0.05, 0.1) is 11.6 Å². The van der Waals surface area contributed by atoms with Crippen molar-refractivity contribution in [1.82, 2.24) is 15.6 Å². The fourth-order valence-electron chi connectivity index (χ4n) is 2.41. The van der Waals surface area contributed by atoms with Gasteiger partial charge in [-0.05, 0) is 36.6 Å². The standard InChI is InChI=1S/C18H20N4O2/c1-12(2)10-16(18(24)21-9-7-19)22-17(23)14-5-6-15-13(11-14)4-3-8-20-15/h3-6,8,11-12,16H,9-10H2,1-2H3,(H,21,24)(H,22,23). The lowest BCUT2D eigenvalue weighted by Crippen LogP contribution is -2.47. The van der Waals surface area contributed by atoms with Gasteiger partial charge in [-0.3, -0.25) is 14.6 Å². The van der Waals surface area contributed by atoms with Crippen molar-refractivity contribution in [2.75, 3.05) is 6.54 Å². The van der Waals surface area contributed by atoms with Gasteiger partial charge >= 0.3 is 0 Å². The molecule has 2 amide bonds. The second kappa shape index (κ2) is 8.06. The van der Waals surface area contributed by atoms with E-state index >= 15 is 0 Å². The molecule has 1 aromatic heterocycles. The zero-order valence-corrected chi connectivity index (χ0v) is 13.7. The van der Waals surface area contributed by atoms with E-state index in [0.29, 0.717) is 12.0 Å². The highest BCUT2D eigenvalue weighted by atomic mass is 16.2. The Morgan fingerprint density at radius 2 is 2.08 bits per heavy atom. The molecule has 1 unspecified atom stereocenters. The molecule has 0 radical (unpaired) electrons. The van der Waals surface area contributed by atoms with Crippen molar-refractivity contribution in [2.24, 2.45) is 5.92 Å². The maximum Gasteiger partial charge on any atom is 0.251 e. The van der Waals surface area contributed by atoms with E-state index in [1.807, 2.05) is 26.0 Å². The van der Waals surface area contributed by atoms with Crippen molar-refractivity contribution in [2.45, 2.75) is 26.3 Å². The Bertz CT molecular complexity index is 780. The first-order chi connectivity index (χ1) is 11.5. The fourth-order valence-corrected chi connectivity index (χ4v) is 2.41. The number of nitriles is 1. The Labute approximate surface area is 140 Å². The van der Waals surface area contributed by atoms with Crippen molar-refractivity contribution in [3.63, 3.8) is 0 Å². The Morgan fingerprint density at radius 1 is 1.29 bits per heavy atom. The summed E-state index contributed by atoms with van der Waals surface area (Å²) in [6, 6.07) is 10.1. The van der Waals surface area contributed by atoms with Crippen LogP contribution in [-0.2, 0) is 4.79 Å². The third-order valence-corrected chi connectivity index (χ3v) is 3.54. The average molecular weight is 324 g/mol. The van der Waals surface area contributed by atoms with Gasteiger partial charge in [-0.25, -0.2) is 0 Å². The van der Waals surface area contributed by atoms with Gasteiger partial charge in [0.25, 0.3) is 5.91 Å². The molecule has 0 spiro atoms. The molecule has 0 saturated carbocycles. The normalized spacial score (nSPS) is 11.8. The van der Waals surface area contributed by atoms with E-state index in [2.05, 4.69) is 15.6 Å². The van der Waals surface area contributed by atoms with Gasteiger partial charge in [-0.15, -0.1) is 0 Å². The summed E-state index contributed by atoms with van der Waals surface area (Å²) in [6.45, 7) is 3.86. The number of carbonyl (C=O) groups excluding carboxylic acids is 2. The number of nitrogens with one attached hydrogen (secondary N) is 2. The van der Waals surface area contributed by atoms with Crippen molar-refractivity contribution in [1.29, 1.82) is 5.26 Å². The van der Waals surface area contributed by atoms with E-state index in [9.17, 15) is 9.59 Å². The molecule has 6 heteroatoms. The second-order valence-corrected chi connectivity index (χ2v) is 5.94. The lowest BCUT2D eigenvalue weighted by Gasteiger charge is -2.19. The molecule has 1 aromatic carbocycles. The summed E-state index contributed by atoms with van der Waals surface area (Å²) < 4.78 is 0. The highest BCUT2D eigenvalue weighted by Gasteiger charge is 2.22. The van der Waals surface area contributed by atoms with Gasteiger partial charge in [0.2, 0.25) is 5.91 Å². The number of fused-ring (bicyclic) bond motifs is 1. The minimum absolute atomic E-state index is 0.0784. The number of amides is 2. The Kier molecular flexibility index (Phi) is 5.85. The number of aromatic nitrogens is 1. The lowest BCUT2D eigenvalue weighted by atomic mass is 10.0. The van der Waals surface area contributed by atoms with Crippen LogP contribution in [-0.4, -0.2) is 29.4 Å². The number of carbonyl (C=O) groups is 2. The number of nitrogens with zero attached hydrogens (tertiary/aromatic N) is 2. The molecule has 0 saturated heterocycles. The van der Waals surface area contributed by atoms with Gasteiger partial charge in [0.1, 0.15) is 12.6 Å². The minimum Gasteiger partial charge on any atom is -0.341 e. The molecule has 0 bridgehead atoms. The van der Waals surface area contributed by atoms with Crippen LogP contribution in [0.25, 0.3) is 10.9 Å². The summed E-state index contributed by atoms with van der Waals surface area (Å²) in [5.74, 6) is -0.441. The second-order valence-electron chi connectivity index (χ2n) is 5.94. The summed E-state index contributed by atoms with van der Waals surface area (Å²) in [7, 11) is 0. The first-order valence-electron chi connectivity index (χ1n) is 7.81. The Morgan fingerprint density at radius 3 is 2.79 bits per heavy atom. The third-order valence-electron chi connectivity index (χ3n) is 3.54. The number of benzene rings is 1. The van der Waals surface area contributed by atoms with Crippen molar-refractivity contribution in [3.8, 4) is 6.07 Å². The zero-order valence-electron chi connectivity index (χ0n) is 13.7. The molecule has 24 heavy (non-hydrogen) atoms. The smallest absolute Gasteiger partial charge is 0.251 e. The van der Waals surface area contributed by atoms with Crippen LogP contribution < -0.4 is 10.6 Å². The van der Waals surface area contributed by atoms with E-state index < -0.39 is 6.04 Å². The Balaban J connectivity index is 2.15. The van der Waals surface area contributed by atoms with Gasteiger partial charge < -0.3 is 10.6 Å². The van der Waals surface area contributed by atoms with Crippen LogP contribution >= 0.6 is 0 Å². The van der Waals surface area contributed by atoms with Crippen LogP contribution in [0.2, 0.25) is 0 Å². The monoisotopic (exact) mass is 324 g/mol. The summed E-state index contributed by atoms with van der Waals surface area (Å²) in [5, 5.41) is 14.7. The number of pyridine rings is 1. The molecule has 1 atom stereocenters. The van der Waals surface area contributed by atoms with E-state index in [-0.39, 0.29) is 24.3 Å². The third kappa shape index (κ3) is 4.53. The maximum absolute atomic E-state index is 12.5. The first-order valence-corrected chi connectivity index (χ1v) is 7.81. The predicted molar refractivity (Wildman–Crippen MR) is 91.1 cm³/mol. The van der Waals surface area contributed by atoms with E-state index in [1.54, 1.807) is 30.5 Å². The predicted octanol–water partition coefficient (Wildman–Crippen LogP) is 2.02. The Hall–Kier alpha value is -2.94. The van der Waals surface area contributed by atoms with Crippen LogP contribution in [0.15, 0.2) is 36.5 Å². The van der Waals surface area contributed by atoms with E-state index in [0.717, 1.165) is 10.9 Å². The van der Waals surface area contributed by atoms with Crippen LogP contribution in [0, 0.1) is 17.2 Å². The van der Waals surface area contributed by atoms with E-state index in [4.69, 9.17) is 5.26 Å². The molecule has 6 nitrogen and oxygen atoms in total. The van der Waals surface area contributed by atoms with E-state index in [1.165, 1.54) is 0 Å². The maximum atomic E-state index is 12.5. The number of hydrogen-bond acceptors (Lipinski definition) is 4. The number of rotatable bonds is 6. The highest BCUT2D eigenvalue weighted by molar-refractivity contribution is 6.00. The summed E-state index contributed by atoms with van der Waals surface area (Å²) in [5.41, 5.74) is 1.27. The fraction of sp³-hybridized carbons (Fsp3) is 0.333. The molecule has 0 fully saturated rings. The molecule has 2 rings (SSSR count). The first kappa shape index (κ1) is 17.4. The molecule has 1 heterocycles. The van der Waals surface area contributed by atoms with Crippen molar-refractivity contribution in [3.05, 3.63) is 42.1 Å². The molecule has 0 aliphatic rings. The van der Waals surface area contributed by atoms with Gasteiger partial charge in [0, 0.05) is 17.1 Å². The average Bonchev–Trinajstić information content (AvgIpc) is 2.58. The van der Waals surface area contributed by atoms with Gasteiger partial charge in [-0.1, -0.05) is 19.9 Å². The van der Waals surface area contributed by atoms with Crippen LogP contribution in [0.5, 0.6) is 0 Å². The van der Waals surface area contributed by atoms with Crippen LogP contribution in [0.1, 0.15) is 30.6 Å². The molecule has 124 valence electrons. The molecule has 0 aliphatic heterocycles.